The molecule has 0 aromatic rings. The number of aliphatic hydroxyl groups is 2. The first-order chi connectivity index (χ1) is 14.8. The molecule has 4 atom stereocenters. The number of hydrogen-bond donors (Lipinski definition) is 4. The molecule has 0 spiro atoms. The molecular weight excluding hydrogens is 448 g/mol. The van der Waals surface area contributed by atoms with Crippen molar-refractivity contribution >= 4 is 16.6 Å². The van der Waals surface area contributed by atoms with Crippen LogP contribution in [0.1, 0.15) is 13.8 Å². The minimum atomic E-state index is -1.79. The van der Waals surface area contributed by atoms with E-state index in [1.807, 2.05) is 0 Å². The topological polar surface area (TPSA) is 73.8 Å². The summed E-state index contributed by atoms with van der Waals surface area (Å²) in [6, 6.07) is 2.53. The Morgan fingerprint density at radius 3 is 1.21 bits per heavy atom. The Morgan fingerprint density at radius 1 is 0.667 bits per heavy atom. The summed E-state index contributed by atoms with van der Waals surface area (Å²) in [4.78, 5) is 0. The van der Waals surface area contributed by atoms with Gasteiger partial charge in [-0.1, -0.05) is 13.8 Å². The maximum Gasteiger partial charge on any atom is 0.173 e. The van der Waals surface area contributed by atoms with E-state index < -0.39 is 16.6 Å². The second kappa shape index (κ2) is 14.0. The summed E-state index contributed by atoms with van der Waals surface area (Å²) >= 11 is 0. The van der Waals surface area contributed by atoms with Gasteiger partial charge in [0.15, 0.2) is 16.6 Å². The fraction of sp³-hybridized carbons (Fsp3) is 1.00. The highest BCUT2D eigenvalue weighted by Gasteiger charge is 2.35. The Kier molecular flexibility index (Phi) is 14.1. The fourth-order valence-electron chi connectivity index (χ4n) is 5.09. The zero-order valence-electron chi connectivity index (χ0n) is 24.2. The minimum Gasteiger partial charge on any atom is -0.455 e. The molecule has 0 aromatic heterocycles. The molecule has 200 valence electrons. The third-order valence-corrected chi connectivity index (χ3v) is 13.5. The SMILES string of the molecule is CC(CNC(CO)C[N+](C)(C)C)C[Si](C)(C)O[Si](C)(C)CC(C)CNC(CO)C[N+](C)(C)C. The van der Waals surface area contributed by atoms with Gasteiger partial charge in [-0.25, -0.2) is 0 Å². The van der Waals surface area contributed by atoms with Crippen LogP contribution in [0, 0.1) is 11.8 Å². The van der Waals surface area contributed by atoms with E-state index in [2.05, 4.69) is 93.0 Å². The van der Waals surface area contributed by atoms with E-state index in [0.29, 0.717) is 11.8 Å². The number of quaternary nitrogens is 2. The number of likely N-dealkylation sites (N-methyl/N-ethyl adjacent to an activating group) is 2. The Balaban J connectivity index is 4.63. The molecule has 33 heavy (non-hydrogen) atoms. The van der Waals surface area contributed by atoms with Crippen molar-refractivity contribution in [2.45, 2.75) is 64.2 Å². The molecule has 4 N–H and O–H groups in total. The smallest absolute Gasteiger partial charge is 0.173 e. The molecule has 0 rings (SSSR count). The second-order valence-electron chi connectivity index (χ2n) is 13.8. The Labute approximate surface area is 208 Å². The molecule has 0 aliphatic carbocycles. The molecule has 0 aliphatic rings. The highest BCUT2D eigenvalue weighted by Crippen LogP contribution is 2.27. The molecule has 0 aromatic carbocycles. The van der Waals surface area contributed by atoms with Gasteiger partial charge in [-0.2, -0.15) is 0 Å². The van der Waals surface area contributed by atoms with Crippen molar-refractivity contribution in [3.63, 3.8) is 0 Å². The van der Waals surface area contributed by atoms with Crippen molar-refractivity contribution in [1.82, 2.24) is 10.6 Å². The second-order valence-corrected chi connectivity index (χ2v) is 22.4. The van der Waals surface area contributed by atoms with E-state index in [-0.39, 0.29) is 25.3 Å². The zero-order valence-corrected chi connectivity index (χ0v) is 26.2. The lowest BCUT2D eigenvalue weighted by molar-refractivity contribution is -0.871. The average molecular weight is 509 g/mol. The standard InChI is InChI=1S/C24H60N4O3Si2/c1-21(13-25-23(17-29)15-27(3,4)5)19-32(9,10)31-33(11,12)20-22(2)14-26-24(18-30)16-28(6,7)8/h21-26,29-30H,13-20H2,1-12H3/q+2. The van der Waals surface area contributed by atoms with Crippen molar-refractivity contribution in [3.8, 4) is 0 Å². The lowest BCUT2D eigenvalue weighted by atomic mass is 10.2. The van der Waals surface area contributed by atoms with Crippen LogP contribution in [0.2, 0.25) is 38.3 Å². The van der Waals surface area contributed by atoms with Crippen LogP contribution in [-0.2, 0) is 4.12 Å². The first-order valence-electron chi connectivity index (χ1n) is 12.8. The van der Waals surface area contributed by atoms with Crippen molar-refractivity contribution in [1.29, 1.82) is 0 Å². The number of hydrogen-bond acceptors (Lipinski definition) is 5. The maximum atomic E-state index is 9.72. The van der Waals surface area contributed by atoms with Crippen molar-refractivity contribution in [3.05, 3.63) is 0 Å². The normalized spacial score (nSPS) is 17.6. The van der Waals surface area contributed by atoms with E-state index >= 15 is 0 Å². The lowest BCUT2D eigenvalue weighted by Crippen LogP contribution is -2.51. The predicted molar refractivity (Wildman–Crippen MR) is 148 cm³/mol. The number of aliphatic hydroxyl groups excluding tert-OH is 2. The van der Waals surface area contributed by atoms with E-state index in [9.17, 15) is 10.2 Å². The van der Waals surface area contributed by atoms with Gasteiger partial charge >= 0.3 is 0 Å². The van der Waals surface area contributed by atoms with Gasteiger partial charge in [-0.3, -0.25) is 0 Å². The Hall–Kier alpha value is 0.154. The molecule has 0 saturated carbocycles. The van der Waals surface area contributed by atoms with Crippen LogP contribution in [0.4, 0.5) is 0 Å². The van der Waals surface area contributed by atoms with Crippen molar-refractivity contribution < 1.29 is 23.3 Å². The summed E-state index contributed by atoms with van der Waals surface area (Å²) in [5, 5.41) is 26.6. The zero-order chi connectivity index (χ0) is 26.1. The van der Waals surface area contributed by atoms with Gasteiger partial charge in [0.2, 0.25) is 0 Å². The van der Waals surface area contributed by atoms with Crippen molar-refractivity contribution in [2.24, 2.45) is 11.8 Å². The van der Waals surface area contributed by atoms with Crippen molar-refractivity contribution in [2.75, 3.05) is 81.7 Å². The number of nitrogens with zero attached hydrogens (tertiary/aromatic N) is 2. The molecule has 0 bridgehead atoms. The third kappa shape index (κ3) is 18.1. The Bertz CT molecular complexity index is 491. The van der Waals surface area contributed by atoms with E-state index in [1.54, 1.807) is 0 Å². The number of nitrogens with one attached hydrogen (secondary N) is 2. The summed E-state index contributed by atoms with van der Waals surface area (Å²) in [5.41, 5.74) is 0. The minimum absolute atomic E-state index is 0.136. The van der Waals surface area contributed by atoms with E-state index in [4.69, 9.17) is 4.12 Å². The molecule has 0 aliphatic heterocycles. The predicted octanol–water partition coefficient (Wildman–Crippen LogP) is 2.00. The fourth-order valence-corrected chi connectivity index (χ4v) is 15.4. The molecular formula is C24H60N4O3Si2+2. The van der Waals surface area contributed by atoms with Crippen LogP contribution in [-0.4, -0.2) is 130 Å². The highest BCUT2D eigenvalue weighted by molar-refractivity contribution is 6.84. The molecule has 4 unspecified atom stereocenters. The van der Waals surface area contributed by atoms with Gasteiger partial charge in [-0.15, -0.1) is 0 Å². The van der Waals surface area contributed by atoms with E-state index in [0.717, 1.165) is 47.2 Å². The van der Waals surface area contributed by atoms with Crippen LogP contribution in [0.15, 0.2) is 0 Å². The molecule has 0 fully saturated rings. The van der Waals surface area contributed by atoms with Gasteiger partial charge in [0.05, 0.1) is 80.7 Å². The third-order valence-electron chi connectivity index (χ3n) is 5.72. The largest absolute Gasteiger partial charge is 0.455 e. The first kappa shape index (κ1) is 33.2. The van der Waals surface area contributed by atoms with Crippen LogP contribution < -0.4 is 10.6 Å². The quantitative estimate of drug-likeness (QED) is 0.168. The first-order valence-corrected chi connectivity index (χ1v) is 19.0. The maximum absolute atomic E-state index is 9.72. The van der Waals surface area contributed by atoms with Crippen LogP contribution in [0.5, 0.6) is 0 Å². The lowest BCUT2D eigenvalue weighted by Gasteiger charge is -2.37. The van der Waals surface area contributed by atoms with Crippen LogP contribution in [0.25, 0.3) is 0 Å². The number of rotatable bonds is 18. The van der Waals surface area contributed by atoms with Crippen LogP contribution in [0.3, 0.4) is 0 Å². The van der Waals surface area contributed by atoms with Gasteiger partial charge in [0.1, 0.15) is 0 Å². The van der Waals surface area contributed by atoms with Gasteiger partial charge in [0.25, 0.3) is 0 Å². The molecule has 0 radical (unpaired) electrons. The summed E-state index contributed by atoms with van der Waals surface area (Å²) in [5.74, 6) is 1.05. The van der Waals surface area contributed by atoms with Gasteiger partial charge in [0, 0.05) is 0 Å². The molecule has 0 amide bonds. The van der Waals surface area contributed by atoms with Gasteiger partial charge < -0.3 is 33.9 Å². The van der Waals surface area contributed by atoms with E-state index in [1.165, 1.54) is 0 Å². The average Bonchev–Trinajstić information content (AvgIpc) is 2.58. The van der Waals surface area contributed by atoms with Gasteiger partial charge in [-0.05, 0) is 63.2 Å². The molecule has 9 heteroatoms. The summed E-state index contributed by atoms with van der Waals surface area (Å²) in [6.45, 7) is 18.1. The Morgan fingerprint density at radius 2 is 0.970 bits per heavy atom. The molecule has 0 heterocycles. The molecule has 0 saturated heterocycles. The summed E-state index contributed by atoms with van der Waals surface area (Å²) < 4.78 is 8.60. The highest BCUT2D eigenvalue weighted by atomic mass is 28.4. The van der Waals surface area contributed by atoms with Crippen LogP contribution >= 0.6 is 0 Å². The monoisotopic (exact) mass is 508 g/mol. The summed E-state index contributed by atoms with van der Waals surface area (Å²) in [6.07, 6.45) is 0. The summed E-state index contributed by atoms with van der Waals surface area (Å²) in [7, 11) is 9.39. The molecule has 7 nitrogen and oxygen atoms in total.